The summed E-state index contributed by atoms with van der Waals surface area (Å²) in [5.41, 5.74) is 1.47. The second kappa shape index (κ2) is 6.62. The van der Waals surface area contributed by atoms with Gasteiger partial charge in [0.25, 0.3) is 5.56 Å². The summed E-state index contributed by atoms with van der Waals surface area (Å²) in [6, 6.07) is 9.07. The van der Waals surface area contributed by atoms with Gasteiger partial charge in [0.2, 0.25) is 0 Å². The molecule has 0 atom stereocenters. The number of rotatable bonds is 4. The quantitative estimate of drug-likeness (QED) is 0.550. The average Bonchev–Trinajstić information content (AvgIpc) is 3.51. The molecule has 0 radical (unpaired) electrons. The van der Waals surface area contributed by atoms with E-state index in [-0.39, 0.29) is 17.0 Å². The summed E-state index contributed by atoms with van der Waals surface area (Å²) in [5.74, 6) is 0.118. The van der Waals surface area contributed by atoms with E-state index < -0.39 is 11.5 Å². The van der Waals surface area contributed by atoms with Crippen molar-refractivity contribution in [2.45, 2.75) is 18.9 Å². The van der Waals surface area contributed by atoms with Crippen LogP contribution in [0.2, 0.25) is 0 Å². The Hall–Kier alpha value is -3.00. The largest absolute Gasteiger partial charge is 0.497 e. The van der Waals surface area contributed by atoms with Gasteiger partial charge in [0.1, 0.15) is 11.4 Å². The van der Waals surface area contributed by atoms with Crippen molar-refractivity contribution in [1.82, 2.24) is 14.5 Å². The number of hydrogen-bond acceptors (Lipinski definition) is 6. The van der Waals surface area contributed by atoms with Gasteiger partial charge in [-0.05, 0) is 55.4 Å². The Morgan fingerprint density at radius 3 is 2.56 bits per heavy atom. The van der Waals surface area contributed by atoms with E-state index in [0.29, 0.717) is 21.9 Å². The molecule has 1 aliphatic carbocycles. The molecule has 0 aliphatic heterocycles. The molecule has 1 fully saturated rings. The number of nitrogens with zero attached hydrogens (tertiary/aromatic N) is 2. The molecule has 2 aromatic heterocycles. The normalized spacial score (nSPS) is 13.6. The third kappa shape index (κ3) is 3.02. The number of hydrogen-bond donors (Lipinski definition) is 1. The molecular formula is C19H17N3O4S. The molecule has 7 nitrogen and oxygen atoms in total. The summed E-state index contributed by atoms with van der Waals surface area (Å²) in [6.45, 7) is 0. The van der Waals surface area contributed by atoms with E-state index >= 15 is 0 Å². The van der Waals surface area contributed by atoms with Crippen LogP contribution >= 0.6 is 12.2 Å². The molecule has 1 N–H and O–H groups in total. The number of ether oxygens (including phenoxy) is 2. The van der Waals surface area contributed by atoms with E-state index in [1.54, 1.807) is 13.2 Å². The van der Waals surface area contributed by atoms with Crippen LogP contribution in [0.4, 0.5) is 0 Å². The molecule has 0 amide bonds. The maximum absolute atomic E-state index is 12.6. The number of methoxy groups -OCH3 is 2. The second-order valence-corrected chi connectivity index (χ2v) is 6.72. The van der Waals surface area contributed by atoms with Crippen LogP contribution < -0.4 is 10.3 Å². The summed E-state index contributed by atoms with van der Waals surface area (Å²) >= 11 is 5.35. The molecule has 138 valence electrons. The molecule has 0 spiro atoms. The van der Waals surface area contributed by atoms with Crippen LogP contribution in [-0.4, -0.2) is 34.7 Å². The zero-order valence-corrected chi connectivity index (χ0v) is 15.6. The van der Waals surface area contributed by atoms with Gasteiger partial charge in [-0.25, -0.2) is 9.78 Å². The molecule has 1 saturated carbocycles. The number of carbonyl (C=O) groups is 1. The second-order valence-electron chi connectivity index (χ2n) is 6.33. The molecule has 0 bridgehead atoms. The third-order valence-corrected chi connectivity index (χ3v) is 4.90. The SMILES string of the molecule is COC(=O)c1cc(-c2ccc(OC)cc2)nc2c1c(=O)[nH]c(=S)n2C1CC1. The summed E-state index contributed by atoms with van der Waals surface area (Å²) in [7, 11) is 2.88. The van der Waals surface area contributed by atoms with E-state index in [0.717, 1.165) is 18.4 Å². The van der Waals surface area contributed by atoms with Crippen molar-refractivity contribution in [3.8, 4) is 17.0 Å². The minimum Gasteiger partial charge on any atom is -0.497 e. The van der Waals surface area contributed by atoms with Crippen LogP contribution in [0.15, 0.2) is 35.1 Å². The number of H-pyrrole nitrogens is 1. The van der Waals surface area contributed by atoms with Gasteiger partial charge < -0.3 is 9.47 Å². The predicted molar refractivity (Wildman–Crippen MR) is 103 cm³/mol. The molecule has 0 unspecified atom stereocenters. The molecule has 1 aliphatic rings. The van der Waals surface area contributed by atoms with Gasteiger partial charge in [-0.1, -0.05) is 0 Å². The first-order valence-corrected chi connectivity index (χ1v) is 8.86. The number of nitrogens with one attached hydrogen (secondary N) is 1. The molecular weight excluding hydrogens is 366 g/mol. The third-order valence-electron chi connectivity index (χ3n) is 4.60. The lowest BCUT2D eigenvalue weighted by atomic mass is 10.1. The first kappa shape index (κ1) is 17.4. The maximum atomic E-state index is 12.6. The Balaban J connectivity index is 2.06. The zero-order valence-electron chi connectivity index (χ0n) is 14.8. The predicted octanol–water partition coefficient (Wildman–Crippen LogP) is 3.25. The van der Waals surface area contributed by atoms with Gasteiger partial charge in [-0.2, -0.15) is 0 Å². The molecule has 8 heteroatoms. The highest BCUT2D eigenvalue weighted by atomic mass is 32.1. The van der Waals surface area contributed by atoms with Crippen LogP contribution in [0.1, 0.15) is 29.2 Å². The van der Waals surface area contributed by atoms with Crippen molar-refractivity contribution in [3.05, 3.63) is 51.0 Å². The topological polar surface area (TPSA) is 86.2 Å². The summed E-state index contributed by atoms with van der Waals surface area (Å²) < 4.78 is 12.2. The molecule has 0 saturated heterocycles. The summed E-state index contributed by atoms with van der Waals surface area (Å²) in [6.07, 6.45) is 1.91. The molecule has 4 rings (SSSR count). The Morgan fingerprint density at radius 2 is 1.96 bits per heavy atom. The van der Waals surface area contributed by atoms with Crippen LogP contribution in [0.25, 0.3) is 22.3 Å². The van der Waals surface area contributed by atoms with E-state index in [1.807, 2.05) is 28.8 Å². The van der Waals surface area contributed by atoms with Crippen molar-refractivity contribution in [2.24, 2.45) is 0 Å². The van der Waals surface area contributed by atoms with Gasteiger partial charge in [0.15, 0.2) is 4.77 Å². The van der Waals surface area contributed by atoms with E-state index in [9.17, 15) is 9.59 Å². The van der Waals surface area contributed by atoms with Gasteiger partial charge in [0, 0.05) is 11.6 Å². The Kier molecular flexibility index (Phi) is 4.27. The molecule has 27 heavy (non-hydrogen) atoms. The van der Waals surface area contributed by atoms with Gasteiger partial charge in [-0.15, -0.1) is 0 Å². The molecule has 2 heterocycles. The molecule has 3 aromatic rings. The van der Waals surface area contributed by atoms with Crippen molar-refractivity contribution < 1.29 is 14.3 Å². The number of aromatic nitrogens is 3. The van der Waals surface area contributed by atoms with Crippen LogP contribution in [0, 0.1) is 4.77 Å². The Labute approximate surface area is 159 Å². The smallest absolute Gasteiger partial charge is 0.338 e. The van der Waals surface area contributed by atoms with Crippen molar-refractivity contribution in [3.63, 3.8) is 0 Å². The fourth-order valence-electron chi connectivity index (χ4n) is 3.10. The summed E-state index contributed by atoms with van der Waals surface area (Å²) in [5, 5.41) is 0.194. The number of fused-ring (bicyclic) bond motifs is 1. The number of benzene rings is 1. The Morgan fingerprint density at radius 1 is 1.26 bits per heavy atom. The molecule has 1 aromatic carbocycles. The minimum atomic E-state index is -0.595. The number of pyridine rings is 1. The maximum Gasteiger partial charge on any atom is 0.338 e. The van der Waals surface area contributed by atoms with Crippen LogP contribution in [0.5, 0.6) is 5.75 Å². The monoisotopic (exact) mass is 383 g/mol. The standard InChI is InChI=1S/C19H17N3O4S/c1-25-12-7-3-10(4-8-12)14-9-13(18(24)26-2)15-16(20-14)22(11-5-6-11)19(27)21-17(15)23/h3-4,7-9,11H,5-6H2,1-2H3,(H,21,23,27). The fourth-order valence-corrected chi connectivity index (χ4v) is 3.43. The lowest BCUT2D eigenvalue weighted by Crippen LogP contribution is -2.19. The summed E-state index contributed by atoms with van der Waals surface area (Å²) in [4.78, 5) is 32.3. The average molecular weight is 383 g/mol. The van der Waals surface area contributed by atoms with E-state index in [1.165, 1.54) is 7.11 Å². The Bertz CT molecular complexity index is 1160. The fraction of sp³-hybridized carbons (Fsp3) is 0.263. The van der Waals surface area contributed by atoms with E-state index in [2.05, 4.69) is 9.97 Å². The highest BCUT2D eigenvalue weighted by Gasteiger charge is 2.28. The van der Waals surface area contributed by atoms with Gasteiger partial charge in [-0.3, -0.25) is 14.3 Å². The lowest BCUT2D eigenvalue weighted by Gasteiger charge is -2.13. The highest BCUT2D eigenvalue weighted by molar-refractivity contribution is 7.71. The number of carbonyl (C=O) groups excluding carboxylic acids is 1. The zero-order chi connectivity index (χ0) is 19.1. The van der Waals surface area contributed by atoms with Crippen LogP contribution in [0.3, 0.4) is 0 Å². The number of esters is 1. The number of aromatic amines is 1. The first-order valence-electron chi connectivity index (χ1n) is 8.45. The highest BCUT2D eigenvalue weighted by Crippen LogP contribution is 2.37. The van der Waals surface area contributed by atoms with Crippen LogP contribution in [-0.2, 0) is 4.74 Å². The van der Waals surface area contributed by atoms with Gasteiger partial charge in [0.05, 0.1) is 30.9 Å². The van der Waals surface area contributed by atoms with Crippen molar-refractivity contribution >= 4 is 29.2 Å². The first-order chi connectivity index (χ1) is 13.0. The van der Waals surface area contributed by atoms with Crippen molar-refractivity contribution in [1.29, 1.82) is 0 Å². The van der Waals surface area contributed by atoms with Gasteiger partial charge >= 0.3 is 5.97 Å². The minimum absolute atomic E-state index is 0.166. The van der Waals surface area contributed by atoms with E-state index in [4.69, 9.17) is 21.7 Å². The van der Waals surface area contributed by atoms with Crippen molar-refractivity contribution in [2.75, 3.05) is 14.2 Å². The lowest BCUT2D eigenvalue weighted by molar-refractivity contribution is 0.0603.